The maximum atomic E-state index is 5.06. The van der Waals surface area contributed by atoms with Gasteiger partial charge in [0.2, 0.25) is 0 Å². The normalized spacial score (nSPS) is 12.6. The van der Waals surface area contributed by atoms with Crippen molar-refractivity contribution >= 4 is 0 Å². The first-order valence-corrected chi connectivity index (χ1v) is 4.18. The monoisotopic (exact) mass is 166 g/mol. The molecule has 0 aliphatic rings. The first-order valence-electron chi connectivity index (χ1n) is 4.18. The first kappa shape index (κ1) is 9.07. The predicted octanol–water partition coefficient (Wildman–Crippen LogP) is 0.868. The second kappa shape index (κ2) is 4.12. The average Bonchev–Trinajstić information content (AvgIpc) is 2.05. The lowest BCUT2D eigenvalue weighted by atomic mass is 10.1. The summed E-state index contributed by atoms with van der Waals surface area (Å²) in [5, 5.41) is 0. The van der Waals surface area contributed by atoms with E-state index in [2.05, 4.69) is 24.8 Å². The van der Waals surface area contributed by atoms with E-state index in [0.717, 1.165) is 12.2 Å². The maximum Gasteiger partial charge on any atom is 0.118 e. The molecule has 66 valence electrons. The van der Waals surface area contributed by atoms with Crippen LogP contribution in [0.2, 0.25) is 0 Å². The zero-order valence-electron chi connectivity index (χ0n) is 7.71. The molecule has 0 unspecified atom stereocenters. The lowest BCUT2D eigenvalue weighted by molar-refractivity contribution is -0.413. The van der Waals surface area contributed by atoms with E-state index in [1.165, 1.54) is 5.56 Å². The molecular weight excluding hydrogens is 150 g/mol. The van der Waals surface area contributed by atoms with E-state index in [1.54, 1.807) is 7.11 Å². The van der Waals surface area contributed by atoms with Crippen LogP contribution in [0.4, 0.5) is 0 Å². The van der Waals surface area contributed by atoms with Crippen LogP contribution in [0.1, 0.15) is 12.5 Å². The number of ether oxygens (including phenoxy) is 1. The largest absolute Gasteiger partial charge is 0.497 e. The van der Waals surface area contributed by atoms with Crippen LogP contribution in [0.3, 0.4) is 0 Å². The van der Waals surface area contributed by atoms with Crippen molar-refractivity contribution in [2.75, 3.05) is 7.11 Å². The van der Waals surface area contributed by atoms with Gasteiger partial charge < -0.3 is 10.5 Å². The van der Waals surface area contributed by atoms with Crippen LogP contribution in [0, 0.1) is 0 Å². The van der Waals surface area contributed by atoms with E-state index in [9.17, 15) is 0 Å². The molecule has 1 rings (SSSR count). The van der Waals surface area contributed by atoms with Crippen molar-refractivity contribution < 1.29 is 10.5 Å². The van der Waals surface area contributed by atoms with Gasteiger partial charge in [-0.05, 0) is 24.6 Å². The SMILES string of the molecule is COc1ccc(C[C@H](C)[NH3+])cc1. The topological polar surface area (TPSA) is 36.9 Å². The highest BCUT2D eigenvalue weighted by atomic mass is 16.5. The summed E-state index contributed by atoms with van der Waals surface area (Å²) in [6, 6.07) is 8.61. The molecular formula is C10H16NO+. The fraction of sp³-hybridized carbons (Fsp3) is 0.400. The van der Waals surface area contributed by atoms with Crippen LogP contribution in [-0.4, -0.2) is 13.2 Å². The van der Waals surface area contributed by atoms with Gasteiger partial charge in [-0.2, -0.15) is 0 Å². The summed E-state index contributed by atoms with van der Waals surface area (Å²) >= 11 is 0. The van der Waals surface area contributed by atoms with Crippen LogP contribution in [0.25, 0.3) is 0 Å². The Morgan fingerprint density at radius 1 is 1.33 bits per heavy atom. The van der Waals surface area contributed by atoms with Gasteiger partial charge in [-0.15, -0.1) is 0 Å². The molecule has 0 saturated heterocycles. The summed E-state index contributed by atoms with van der Waals surface area (Å²) in [4.78, 5) is 0. The Labute approximate surface area is 73.3 Å². The van der Waals surface area contributed by atoms with E-state index in [-0.39, 0.29) is 0 Å². The van der Waals surface area contributed by atoms with E-state index < -0.39 is 0 Å². The molecule has 3 N–H and O–H groups in total. The molecule has 0 aliphatic heterocycles. The number of methoxy groups -OCH3 is 1. The van der Waals surface area contributed by atoms with Crippen molar-refractivity contribution in [3.05, 3.63) is 29.8 Å². The highest BCUT2D eigenvalue weighted by Crippen LogP contribution is 2.11. The van der Waals surface area contributed by atoms with Gasteiger partial charge in [0.05, 0.1) is 13.2 Å². The van der Waals surface area contributed by atoms with Gasteiger partial charge >= 0.3 is 0 Å². The Balaban J connectivity index is 2.65. The predicted molar refractivity (Wildman–Crippen MR) is 49.0 cm³/mol. The zero-order valence-corrected chi connectivity index (χ0v) is 7.71. The van der Waals surface area contributed by atoms with Gasteiger partial charge in [-0.1, -0.05) is 12.1 Å². The van der Waals surface area contributed by atoms with Crippen LogP contribution in [-0.2, 0) is 6.42 Å². The molecule has 2 nitrogen and oxygen atoms in total. The third-order valence-corrected chi connectivity index (χ3v) is 1.74. The highest BCUT2D eigenvalue weighted by molar-refractivity contribution is 5.27. The summed E-state index contributed by atoms with van der Waals surface area (Å²) in [7, 11) is 1.68. The molecule has 1 aromatic carbocycles. The van der Waals surface area contributed by atoms with Crippen molar-refractivity contribution in [2.24, 2.45) is 0 Å². The van der Waals surface area contributed by atoms with Gasteiger partial charge in [0.25, 0.3) is 0 Å². The van der Waals surface area contributed by atoms with Crippen molar-refractivity contribution in [3.8, 4) is 5.75 Å². The van der Waals surface area contributed by atoms with Gasteiger partial charge in [0.15, 0.2) is 0 Å². The average molecular weight is 166 g/mol. The third kappa shape index (κ3) is 2.55. The molecule has 0 aromatic heterocycles. The first-order chi connectivity index (χ1) is 5.72. The molecule has 0 radical (unpaired) electrons. The molecule has 1 aromatic rings. The second-order valence-electron chi connectivity index (χ2n) is 3.16. The summed E-state index contributed by atoms with van der Waals surface area (Å²) < 4.78 is 5.06. The van der Waals surface area contributed by atoms with E-state index >= 15 is 0 Å². The van der Waals surface area contributed by atoms with Crippen molar-refractivity contribution in [3.63, 3.8) is 0 Å². The molecule has 2 heteroatoms. The molecule has 0 amide bonds. The number of benzene rings is 1. The van der Waals surface area contributed by atoms with Gasteiger partial charge in [0, 0.05) is 6.42 Å². The fourth-order valence-electron chi connectivity index (χ4n) is 1.16. The fourth-order valence-corrected chi connectivity index (χ4v) is 1.16. The standard InChI is InChI=1S/C10H15NO/c1-8(11)7-9-3-5-10(12-2)6-4-9/h3-6,8H,7,11H2,1-2H3/p+1/t8-/m0/s1. The number of hydrogen-bond donors (Lipinski definition) is 1. The zero-order chi connectivity index (χ0) is 8.97. The van der Waals surface area contributed by atoms with E-state index in [0.29, 0.717) is 6.04 Å². The molecule has 0 aliphatic carbocycles. The van der Waals surface area contributed by atoms with Crippen LogP contribution in [0.15, 0.2) is 24.3 Å². The quantitative estimate of drug-likeness (QED) is 0.710. The Bertz CT molecular complexity index is 228. The minimum Gasteiger partial charge on any atom is -0.497 e. The molecule has 0 fully saturated rings. The Morgan fingerprint density at radius 2 is 1.92 bits per heavy atom. The van der Waals surface area contributed by atoms with Gasteiger partial charge in [-0.3, -0.25) is 0 Å². The Morgan fingerprint density at radius 3 is 2.33 bits per heavy atom. The molecule has 0 heterocycles. The van der Waals surface area contributed by atoms with Crippen molar-refractivity contribution in [1.29, 1.82) is 0 Å². The minimum atomic E-state index is 0.471. The van der Waals surface area contributed by atoms with Crippen molar-refractivity contribution in [1.82, 2.24) is 0 Å². The lowest BCUT2D eigenvalue weighted by Gasteiger charge is -2.03. The van der Waals surface area contributed by atoms with Crippen LogP contribution in [0.5, 0.6) is 5.75 Å². The molecule has 0 saturated carbocycles. The number of rotatable bonds is 3. The summed E-state index contributed by atoms with van der Waals surface area (Å²) in [5.74, 6) is 0.912. The van der Waals surface area contributed by atoms with Gasteiger partial charge in [-0.25, -0.2) is 0 Å². The Hall–Kier alpha value is -1.02. The third-order valence-electron chi connectivity index (χ3n) is 1.74. The smallest absolute Gasteiger partial charge is 0.118 e. The lowest BCUT2D eigenvalue weighted by Crippen LogP contribution is -2.60. The Kier molecular flexibility index (Phi) is 3.11. The minimum absolute atomic E-state index is 0.471. The molecule has 1 atom stereocenters. The maximum absolute atomic E-state index is 5.06. The van der Waals surface area contributed by atoms with Gasteiger partial charge in [0.1, 0.15) is 5.75 Å². The molecule has 0 bridgehead atoms. The van der Waals surface area contributed by atoms with E-state index in [1.807, 2.05) is 12.1 Å². The summed E-state index contributed by atoms with van der Waals surface area (Å²) in [6.45, 7) is 2.12. The van der Waals surface area contributed by atoms with E-state index in [4.69, 9.17) is 4.74 Å². The number of quaternary nitrogens is 1. The molecule has 0 spiro atoms. The molecule has 12 heavy (non-hydrogen) atoms. The summed E-state index contributed by atoms with van der Waals surface area (Å²) in [5.41, 5.74) is 5.26. The summed E-state index contributed by atoms with van der Waals surface area (Å²) in [6.07, 6.45) is 1.03. The van der Waals surface area contributed by atoms with Crippen LogP contribution < -0.4 is 10.5 Å². The van der Waals surface area contributed by atoms with Crippen molar-refractivity contribution in [2.45, 2.75) is 19.4 Å². The van der Waals surface area contributed by atoms with Crippen LogP contribution >= 0.6 is 0 Å². The number of hydrogen-bond acceptors (Lipinski definition) is 1. The second-order valence-corrected chi connectivity index (χ2v) is 3.16. The highest BCUT2D eigenvalue weighted by Gasteiger charge is 1.99.